The number of thioether (sulfide) groups is 1. The molecular weight excluding hydrogens is 456 g/mol. The number of likely N-dealkylation sites (tertiary alicyclic amines) is 1. The van der Waals surface area contributed by atoms with Crippen molar-refractivity contribution in [2.75, 3.05) is 18.8 Å². The highest BCUT2D eigenvalue weighted by molar-refractivity contribution is 7.99. The van der Waals surface area contributed by atoms with Gasteiger partial charge in [0.2, 0.25) is 11.8 Å². The van der Waals surface area contributed by atoms with Gasteiger partial charge in [-0.25, -0.2) is 0 Å². The zero-order valence-corrected chi connectivity index (χ0v) is 20.5. The molecule has 6 nitrogen and oxygen atoms in total. The Balaban J connectivity index is 1.20. The van der Waals surface area contributed by atoms with Gasteiger partial charge in [-0.1, -0.05) is 61.5 Å². The maximum absolute atomic E-state index is 12.3. The summed E-state index contributed by atoms with van der Waals surface area (Å²) in [6, 6.07) is 15.7. The maximum atomic E-state index is 12.3. The smallest absolute Gasteiger partial charge is 0.277 e. The molecule has 0 saturated carbocycles. The third-order valence-corrected chi connectivity index (χ3v) is 6.76. The Kier molecular flexibility index (Phi) is 8.06. The number of hydrogen-bond acceptors (Lipinski definition) is 6. The van der Waals surface area contributed by atoms with E-state index in [0.717, 1.165) is 29.5 Å². The van der Waals surface area contributed by atoms with Crippen LogP contribution in [0, 0.1) is 11.8 Å². The van der Waals surface area contributed by atoms with Crippen molar-refractivity contribution >= 4 is 29.3 Å². The van der Waals surface area contributed by atoms with Crippen molar-refractivity contribution in [3.63, 3.8) is 0 Å². The van der Waals surface area contributed by atoms with Gasteiger partial charge in [-0.15, -0.1) is 10.2 Å². The number of amides is 1. The molecule has 2 atom stereocenters. The van der Waals surface area contributed by atoms with Gasteiger partial charge in [0, 0.05) is 36.8 Å². The molecule has 1 saturated heterocycles. The van der Waals surface area contributed by atoms with Crippen molar-refractivity contribution in [1.29, 1.82) is 0 Å². The molecule has 2 unspecified atom stereocenters. The average molecular weight is 485 g/mol. The van der Waals surface area contributed by atoms with Gasteiger partial charge in [0.25, 0.3) is 5.22 Å². The highest BCUT2D eigenvalue weighted by Crippen LogP contribution is 2.25. The van der Waals surface area contributed by atoms with Crippen LogP contribution in [0.3, 0.4) is 0 Å². The minimum atomic E-state index is -0.0772. The van der Waals surface area contributed by atoms with Crippen molar-refractivity contribution in [3.05, 3.63) is 64.7 Å². The maximum Gasteiger partial charge on any atom is 0.277 e. The molecule has 1 aliphatic heterocycles. The fraction of sp³-hybridized carbons (Fsp3) is 0.400. The SMILES string of the molecule is CC1CC(C)CN(Cc2ccc(CNC(=O)CSc3nnc(-c4ccc(Cl)cc4)o3)cc2)C1. The van der Waals surface area contributed by atoms with Crippen LogP contribution < -0.4 is 5.32 Å². The second-order valence-electron chi connectivity index (χ2n) is 8.90. The summed E-state index contributed by atoms with van der Waals surface area (Å²) in [6.07, 6.45) is 1.32. The predicted molar refractivity (Wildman–Crippen MR) is 132 cm³/mol. The highest BCUT2D eigenvalue weighted by atomic mass is 35.5. The minimum absolute atomic E-state index is 0.0772. The normalized spacial score (nSPS) is 18.9. The summed E-state index contributed by atoms with van der Waals surface area (Å²) in [5.74, 6) is 2.07. The second kappa shape index (κ2) is 11.2. The number of rotatable bonds is 8. The Morgan fingerprint density at radius 3 is 2.42 bits per heavy atom. The molecular formula is C25H29ClN4O2S. The molecule has 3 aromatic rings. The van der Waals surface area contributed by atoms with E-state index in [1.54, 1.807) is 12.1 Å². The molecule has 2 aromatic carbocycles. The Labute approximate surface area is 204 Å². The number of piperidine rings is 1. The molecule has 2 heterocycles. The summed E-state index contributed by atoms with van der Waals surface area (Å²) in [6.45, 7) is 8.49. The average Bonchev–Trinajstić information content (AvgIpc) is 3.26. The molecule has 174 valence electrons. The summed E-state index contributed by atoms with van der Waals surface area (Å²) in [7, 11) is 0. The largest absolute Gasteiger partial charge is 0.411 e. The van der Waals surface area contributed by atoms with E-state index in [9.17, 15) is 4.79 Å². The number of carbonyl (C=O) groups is 1. The zero-order chi connectivity index (χ0) is 23.2. The molecule has 1 aliphatic rings. The lowest BCUT2D eigenvalue weighted by Crippen LogP contribution is -2.38. The third kappa shape index (κ3) is 7.06. The van der Waals surface area contributed by atoms with E-state index >= 15 is 0 Å². The van der Waals surface area contributed by atoms with Crippen LogP contribution in [0.2, 0.25) is 5.02 Å². The third-order valence-electron chi connectivity index (χ3n) is 5.69. The van der Waals surface area contributed by atoms with Gasteiger partial charge in [0.05, 0.1) is 5.75 Å². The van der Waals surface area contributed by atoms with Crippen molar-refractivity contribution < 1.29 is 9.21 Å². The molecule has 1 aromatic heterocycles. The van der Waals surface area contributed by atoms with Gasteiger partial charge in [-0.05, 0) is 53.6 Å². The number of halogens is 1. The standard InChI is InChI=1S/C25H29ClN4O2S/c1-17-11-18(2)14-30(13-17)15-20-5-3-19(4-6-20)12-27-23(31)16-33-25-29-28-24(32-25)21-7-9-22(26)10-8-21/h3-10,17-18H,11-16H2,1-2H3,(H,27,31). The van der Waals surface area contributed by atoms with Crippen LogP contribution in [0.4, 0.5) is 0 Å². The Bertz CT molecular complexity index is 1050. The van der Waals surface area contributed by atoms with E-state index in [1.165, 1.54) is 36.8 Å². The van der Waals surface area contributed by atoms with Gasteiger partial charge in [0.1, 0.15) is 0 Å². The number of nitrogens with one attached hydrogen (secondary N) is 1. The van der Waals surface area contributed by atoms with E-state index in [4.69, 9.17) is 16.0 Å². The highest BCUT2D eigenvalue weighted by Gasteiger charge is 2.21. The van der Waals surface area contributed by atoms with E-state index < -0.39 is 0 Å². The molecule has 1 amide bonds. The predicted octanol–water partition coefficient (Wildman–Crippen LogP) is 5.28. The van der Waals surface area contributed by atoms with Crippen LogP contribution in [0.15, 0.2) is 58.2 Å². The monoisotopic (exact) mass is 484 g/mol. The summed E-state index contributed by atoms with van der Waals surface area (Å²) >= 11 is 7.12. The van der Waals surface area contributed by atoms with Gasteiger partial charge in [0.15, 0.2) is 0 Å². The molecule has 1 N–H and O–H groups in total. The minimum Gasteiger partial charge on any atom is -0.411 e. The molecule has 0 radical (unpaired) electrons. The number of aromatic nitrogens is 2. The van der Waals surface area contributed by atoms with Crippen LogP contribution in [-0.4, -0.2) is 39.8 Å². The zero-order valence-electron chi connectivity index (χ0n) is 19.0. The molecule has 0 bridgehead atoms. The van der Waals surface area contributed by atoms with Crippen LogP contribution >= 0.6 is 23.4 Å². The lowest BCUT2D eigenvalue weighted by atomic mass is 9.91. The number of nitrogens with zero attached hydrogens (tertiary/aromatic N) is 3. The molecule has 0 spiro atoms. The summed E-state index contributed by atoms with van der Waals surface area (Å²) in [5.41, 5.74) is 3.19. The van der Waals surface area contributed by atoms with Gasteiger partial charge in [-0.2, -0.15) is 0 Å². The Morgan fingerprint density at radius 2 is 1.73 bits per heavy atom. The first-order valence-corrected chi connectivity index (χ1v) is 12.6. The van der Waals surface area contributed by atoms with Gasteiger partial charge < -0.3 is 9.73 Å². The first kappa shape index (κ1) is 23.8. The van der Waals surface area contributed by atoms with Crippen LogP contribution in [-0.2, 0) is 17.9 Å². The van der Waals surface area contributed by atoms with E-state index in [1.807, 2.05) is 12.1 Å². The fourth-order valence-electron chi connectivity index (χ4n) is 4.30. The van der Waals surface area contributed by atoms with Crippen molar-refractivity contribution in [2.45, 2.75) is 38.6 Å². The van der Waals surface area contributed by atoms with Crippen molar-refractivity contribution in [2.24, 2.45) is 11.8 Å². The Hall–Kier alpha value is -2.35. The molecule has 0 aliphatic carbocycles. The summed E-state index contributed by atoms with van der Waals surface area (Å²) in [5, 5.41) is 12.0. The fourth-order valence-corrected chi connectivity index (χ4v) is 5.02. The quantitative estimate of drug-likeness (QED) is 0.439. The number of benzene rings is 2. The van der Waals surface area contributed by atoms with Crippen LogP contribution in [0.5, 0.6) is 0 Å². The molecule has 1 fully saturated rings. The summed E-state index contributed by atoms with van der Waals surface area (Å²) < 4.78 is 5.63. The van der Waals surface area contributed by atoms with E-state index in [2.05, 4.69) is 58.5 Å². The first-order chi connectivity index (χ1) is 15.9. The summed E-state index contributed by atoms with van der Waals surface area (Å²) in [4.78, 5) is 14.8. The van der Waals surface area contributed by atoms with Crippen LogP contribution in [0.25, 0.3) is 11.5 Å². The lowest BCUT2D eigenvalue weighted by Gasteiger charge is -2.35. The van der Waals surface area contributed by atoms with Crippen molar-refractivity contribution in [1.82, 2.24) is 20.4 Å². The number of carbonyl (C=O) groups excluding carboxylic acids is 1. The first-order valence-electron chi connectivity index (χ1n) is 11.2. The van der Waals surface area contributed by atoms with Crippen LogP contribution in [0.1, 0.15) is 31.4 Å². The molecule has 4 rings (SSSR count). The molecule has 8 heteroatoms. The van der Waals surface area contributed by atoms with Crippen molar-refractivity contribution in [3.8, 4) is 11.5 Å². The Morgan fingerprint density at radius 1 is 1.06 bits per heavy atom. The molecule has 33 heavy (non-hydrogen) atoms. The topological polar surface area (TPSA) is 71.3 Å². The lowest BCUT2D eigenvalue weighted by molar-refractivity contribution is -0.118. The van der Waals surface area contributed by atoms with Gasteiger partial charge >= 0.3 is 0 Å². The number of hydrogen-bond donors (Lipinski definition) is 1. The van der Waals surface area contributed by atoms with Gasteiger partial charge in [-0.3, -0.25) is 9.69 Å². The second-order valence-corrected chi connectivity index (χ2v) is 10.3. The van der Waals surface area contributed by atoms with E-state index in [0.29, 0.717) is 22.7 Å². The van der Waals surface area contributed by atoms with E-state index in [-0.39, 0.29) is 11.7 Å².